The molecule has 0 bridgehead atoms. The summed E-state index contributed by atoms with van der Waals surface area (Å²) in [5.41, 5.74) is 0. The Hall–Kier alpha value is -0.280. The van der Waals surface area contributed by atoms with Crippen LogP contribution < -0.4 is 5.32 Å². The summed E-state index contributed by atoms with van der Waals surface area (Å²) in [4.78, 5) is 14.6. The number of hydrogen-bond acceptors (Lipinski definition) is 2. The Morgan fingerprint density at radius 1 is 1.11 bits per heavy atom. The molecule has 0 saturated carbocycles. The normalized spacial score (nSPS) is 28.7. The van der Waals surface area contributed by atoms with Crippen molar-refractivity contribution in [3.05, 3.63) is 0 Å². The maximum atomic E-state index is 12.4. The third-order valence-electron chi connectivity index (χ3n) is 4.64. The van der Waals surface area contributed by atoms with Gasteiger partial charge in [-0.15, -0.1) is 12.4 Å². The lowest BCUT2D eigenvalue weighted by Crippen LogP contribution is -2.48. The van der Waals surface area contributed by atoms with E-state index in [1.54, 1.807) is 0 Å². The number of hydrogen-bond donors (Lipinski definition) is 1. The second kappa shape index (κ2) is 8.11. The van der Waals surface area contributed by atoms with Gasteiger partial charge >= 0.3 is 0 Å². The van der Waals surface area contributed by atoms with Crippen molar-refractivity contribution in [2.45, 2.75) is 58.4 Å². The number of piperidine rings is 1. The van der Waals surface area contributed by atoms with Crippen molar-refractivity contribution in [3.63, 3.8) is 0 Å². The molecule has 4 heteroatoms. The number of carbonyl (C=O) groups excluding carboxylic acids is 1. The van der Waals surface area contributed by atoms with Gasteiger partial charge in [0.1, 0.15) is 0 Å². The van der Waals surface area contributed by atoms with Crippen LogP contribution in [0.4, 0.5) is 0 Å². The van der Waals surface area contributed by atoms with Crippen molar-refractivity contribution < 1.29 is 4.79 Å². The molecular weight excluding hydrogens is 260 g/mol. The fourth-order valence-electron chi connectivity index (χ4n) is 3.29. The molecule has 112 valence electrons. The Morgan fingerprint density at radius 2 is 1.89 bits per heavy atom. The zero-order valence-electron chi connectivity index (χ0n) is 12.4. The van der Waals surface area contributed by atoms with Gasteiger partial charge in [-0.3, -0.25) is 4.79 Å². The van der Waals surface area contributed by atoms with Gasteiger partial charge in [0.05, 0.1) is 6.04 Å². The van der Waals surface area contributed by atoms with Crippen LogP contribution in [0, 0.1) is 11.8 Å². The van der Waals surface area contributed by atoms with Crippen molar-refractivity contribution in [1.82, 2.24) is 10.2 Å². The molecule has 19 heavy (non-hydrogen) atoms. The van der Waals surface area contributed by atoms with Gasteiger partial charge in [0, 0.05) is 13.1 Å². The molecule has 3 nitrogen and oxygen atoms in total. The second-order valence-electron chi connectivity index (χ2n) is 6.26. The molecule has 2 fully saturated rings. The summed E-state index contributed by atoms with van der Waals surface area (Å²) in [6, 6.07) is 0.106. The highest BCUT2D eigenvalue weighted by molar-refractivity contribution is 5.85. The predicted octanol–water partition coefficient (Wildman–Crippen LogP) is 2.84. The molecule has 0 aromatic carbocycles. The van der Waals surface area contributed by atoms with E-state index in [1.807, 2.05) is 0 Å². The molecule has 1 amide bonds. The largest absolute Gasteiger partial charge is 0.341 e. The van der Waals surface area contributed by atoms with Crippen molar-refractivity contribution in [2.75, 3.05) is 19.6 Å². The summed E-state index contributed by atoms with van der Waals surface area (Å²) in [7, 11) is 0. The lowest BCUT2D eigenvalue weighted by molar-refractivity contribution is -0.134. The minimum absolute atomic E-state index is 0. The Kier molecular flexibility index (Phi) is 7.16. The number of likely N-dealkylation sites (tertiary alicyclic amines) is 1. The predicted molar refractivity (Wildman–Crippen MR) is 81.6 cm³/mol. The molecule has 2 aliphatic heterocycles. The van der Waals surface area contributed by atoms with Crippen molar-refractivity contribution in [2.24, 2.45) is 11.8 Å². The molecule has 0 spiro atoms. The van der Waals surface area contributed by atoms with E-state index in [2.05, 4.69) is 24.1 Å². The molecule has 2 heterocycles. The summed E-state index contributed by atoms with van der Waals surface area (Å²) in [6.07, 6.45) is 7.12. The molecule has 1 N–H and O–H groups in total. The molecule has 2 atom stereocenters. The van der Waals surface area contributed by atoms with Gasteiger partial charge in [-0.2, -0.15) is 0 Å². The molecule has 0 aromatic rings. The van der Waals surface area contributed by atoms with Gasteiger partial charge in [0.15, 0.2) is 0 Å². The average molecular weight is 289 g/mol. The minimum Gasteiger partial charge on any atom is -0.341 e. The molecule has 0 radical (unpaired) electrons. The van der Waals surface area contributed by atoms with E-state index in [9.17, 15) is 4.79 Å². The Bertz CT molecular complexity index is 277. The summed E-state index contributed by atoms with van der Waals surface area (Å²) in [5.74, 6) is 1.93. The van der Waals surface area contributed by atoms with E-state index < -0.39 is 0 Å². The zero-order chi connectivity index (χ0) is 13.0. The standard InChI is InChI=1S/C15H28N2O.ClH/c1-12(2)13-6-5-10-17(11-8-13)15(18)14-7-3-4-9-16-14;/h12-14,16H,3-11H2,1-2H3;1H/t13?,14-;/m0./s1. The van der Waals surface area contributed by atoms with Crippen molar-refractivity contribution >= 4 is 18.3 Å². The summed E-state index contributed by atoms with van der Waals surface area (Å²) in [6.45, 7) is 7.58. The lowest BCUT2D eigenvalue weighted by Gasteiger charge is -2.29. The summed E-state index contributed by atoms with van der Waals surface area (Å²) >= 11 is 0. The fourth-order valence-corrected chi connectivity index (χ4v) is 3.29. The quantitative estimate of drug-likeness (QED) is 0.847. The van der Waals surface area contributed by atoms with Crippen LogP contribution >= 0.6 is 12.4 Å². The van der Waals surface area contributed by atoms with Crippen molar-refractivity contribution in [3.8, 4) is 0 Å². The van der Waals surface area contributed by atoms with Crippen LogP contribution in [-0.4, -0.2) is 36.5 Å². The van der Waals surface area contributed by atoms with Crippen LogP contribution in [0.3, 0.4) is 0 Å². The minimum atomic E-state index is 0. The molecule has 0 aromatic heterocycles. The Labute approximate surface area is 123 Å². The number of halogens is 1. The molecule has 0 aliphatic carbocycles. The van der Waals surface area contributed by atoms with Crippen molar-refractivity contribution in [1.29, 1.82) is 0 Å². The van der Waals surface area contributed by atoms with Gasteiger partial charge in [-0.1, -0.05) is 20.3 Å². The lowest BCUT2D eigenvalue weighted by atomic mass is 9.89. The molecule has 2 rings (SSSR count). The van der Waals surface area contributed by atoms with Crippen LogP contribution in [0.2, 0.25) is 0 Å². The first-order valence-corrected chi connectivity index (χ1v) is 7.70. The molecule has 1 unspecified atom stereocenters. The highest BCUT2D eigenvalue weighted by Gasteiger charge is 2.28. The van der Waals surface area contributed by atoms with Gasteiger partial charge in [-0.05, 0) is 50.5 Å². The van der Waals surface area contributed by atoms with E-state index in [0.29, 0.717) is 5.91 Å². The van der Waals surface area contributed by atoms with E-state index >= 15 is 0 Å². The summed E-state index contributed by atoms with van der Waals surface area (Å²) < 4.78 is 0. The molecule has 2 aliphatic rings. The molecule has 2 saturated heterocycles. The maximum Gasteiger partial charge on any atom is 0.239 e. The summed E-state index contributed by atoms with van der Waals surface area (Å²) in [5, 5.41) is 3.38. The third kappa shape index (κ3) is 4.64. The van der Waals surface area contributed by atoms with Crippen LogP contribution in [0.15, 0.2) is 0 Å². The molecular formula is C15H29ClN2O. The highest BCUT2D eigenvalue weighted by atomic mass is 35.5. The third-order valence-corrected chi connectivity index (χ3v) is 4.64. The second-order valence-corrected chi connectivity index (χ2v) is 6.26. The van der Waals surface area contributed by atoms with Crippen LogP contribution in [0.1, 0.15) is 52.4 Å². The number of nitrogens with zero attached hydrogens (tertiary/aromatic N) is 1. The first kappa shape index (κ1) is 16.8. The van der Waals surface area contributed by atoms with Crippen LogP contribution in [0.5, 0.6) is 0 Å². The number of carbonyl (C=O) groups is 1. The monoisotopic (exact) mass is 288 g/mol. The number of nitrogens with one attached hydrogen (secondary N) is 1. The van der Waals surface area contributed by atoms with Gasteiger partial charge in [-0.25, -0.2) is 0 Å². The SMILES string of the molecule is CC(C)C1CCCN(C(=O)[C@@H]2CCCCN2)CC1.Cl. The van der Waals surface area contributed by atoms with Crippen LogP contribution in [-0.2, 0) is 4.79 Å². The van der Waals surface area contributed by atoms with Gasteiger partial charge < -0.3 is 10.2 Å². The van der Waals surface area contributed by atoms with Gasteiger partial charge in [0.25, 0.3) is 0 Å². The first-order valence-electron chi connectivity index (χ1n) is 7.70. The average Bonchev–Trinajstić information content (AvgIpc) is 2.64. The Balaban J connectivity index is 0.00000180. The Morgan fingerprint density at radius 3 is 2.53 bits per heavy atom. The zero-order valence-corrected chi connectivity index (χ0v) is 13.2. The number of amides is 1. The number of rotatable bonds is 2. The van der Waals surface area contributed by atoms with Crippen LogP contribution in [0.25, 0.3) is 0 Å². The van der Waals surface area contributed by atoms with E-state index in [4.69, 9.17) is 0 Å². The highest BCUT2D eigenvalue weighted by Crippen LogP contribution is 2.25. The van der Waals surface area contributed by atoms with E-state index in [-0.39, 0.29) is 18.4 Å². The smallest absolute Gasteiger partial charge is 0.239 e. The van der Waals surface area contributed by atoms with E-state index in [0.717, 1.165) is 37.9 Å². The topological polar surface area (TPSA) is 32.3 Å². The van der Waals surface area contributed by atoms with E-state index in [1.165, 1.54) is 32.1 Å². The maximum absolute atomic E-state index is 12.4. The van der Waals surface area contributed by atoms with Gasteiger partial charge in [0.2, 0.25) is 5.91 Å². The first-order chi connectivity index (χ1) is 8.68. The fraction of sp³-hybridized carbons (Fsp3) is 0.933.